The van der Waals surface area contributed by atoms with Crippen LogP contribution in [0.1, 0.15) is 5.89 Å². The number of hydrogen-bond acceptors (Lipinski definition) is 6. The number of nitrogens with zero attached hydrogens (tertiary/aromatic N) is 3. The standard InChI is InChI=1S/C23H17BrN4O3/c1-29-20-12-15(22-25-17-4-2-3-5-18(17)26-22)8-11-19(20)30-13-21-27-28-23(31-21)14-6-9-16(24)10-7-14/h2-12H,13H2,1H3,(H,25,26). The number of hydrogen-bond donors (Lipinski definition) is 1. The Balaban J connectivity index is 1.33. The van der Waals surface area contributed by atoms with E-state index in [1.54, 1.807) is 7.11 Å². The Kier molecular flexibility index (Phi) is 5.13. The van der Waals surface area contributed by atoms with Gasteiger partial charge in [-0.1, -0.05) is 28.1 Å². The second kappa shape index (κ2) is 8.23. The third kappa shape index (κ3) is 4.02. The van der Waals surface area contributed by atoms with Gasteiger partial charge in [-0.2, -0.15) is 0 Å². The first-order valence-corrected chi connectivity index (χ1v) is 10.3. The van der Waals surface area contributed by atoms with Crippen LogP contribution >= 0.6 is 15.9 Å². The average molecular weight is 477 g/mol. The SMILES string of the molecule is COc1cc(-c2nc3ccccc3[nH]2)ccc1OCc1nnc(-c2ccc(Br)cc2)o1. The maximum atomic E-state index is 5.87. The maximum absolute atomic E-state index is 5.87. The summed E-state index contributed by atoms with van der Waals surface area (Å²) in [6, 6.07) is 21.2. The van der Waals surface area contributed by atoms with E-state index in [9.17, 15) is 0 Å². The first-order valence-electron chi connectivity index (χ1n) is 9.54. The van der Waals surface area contributed by atoms with E-state index in [-0.39, 0.29) is 6.61 Å². The lowest BCUT2D eigenvalue weighted by Crippen LogP contribution is -1.98. The minimum absolute atomic E-state index is 0.129. The topological polar surface area (TPSA) is 86.1 Å². The summed E-state index contributed by atoms with van der Waals surface area (Å²) in [7, 11) is 1.60. The van der Waals surface area contributed by atoms with Crippen LogP contribution in [-0.2, 0) is 6.61 Å². The van der Waals surface area contributed by atoms with Crippen LogP contribution in [0.25, 0.3) is 33.9 Å². The number of benzene rings is 3. The lowest BCUT2D eigenvalue weighted by atomic mass is 10.2. The summed E-state index contributed by atoms with van der Waals surface area (Å²) < 4.78 is 18.1. The van der Waals surface area contributed by atoms with Crippen molar-refractivity contribution < 1.29 is 13.9 Å². The molecule has 0 bridgehead atoms. The fraction of sp³-hybridized carbons (Fsp3) is 0.0870. The third-order valence-electron chi connectivity index (χ3n) is 4.74. The molecule has 8 heteroatoms. The van der Waals surface area contributed by atoms with Gasteiger partial charge in [0.15, 0.2) is 18.1 Å². The van der Waals surface area contributed by atoms with Crippen LogP contribution in [-0.4, -0.2) is 27.3 Å². The molecule has 3 aromatic carbocycles. The molecule has 0 saturated carbocycles. The minimum atomic E-state index is 0.129. The predicted octanol–water partition coefficient (Wildman–Crippen LogP) is 5.63. The van der Waals surface area contributed by atoms with E-state index < -0.39 is 0 Å². The summed E-state index contributed by atoms with van der Waals surface area (Å²) in [4.78, 5) is 7.95. The number of nitrogens with one attached hydrogen (secondary N) is 1. The van der Waals surface area contributed by atoms with Crippen molar-refractivity contribution in [2.45, 2.75) is 6.61 Å². The Morgan fingerprint density at radius 1 is 0.935 bits per heavy atom. The van der Waals surface area contributed by atoms with E-state index >= 15 is 0 Å². The quantitative estimate of drug-likeness (QED) is 0.341. The lowest BCUT2D eigenvalue weighted by Gasteiger charge is -2.10. The second-order valence-electron chi connectivity index (χ2n) is 6.76. The molecule has 5 aromatic rings. The molecule has 7 nitrogen and oxygen atoms in total. The number of ether oxygens (including phenoxy) is 2. The zero-order valence-corrected chi connectivity index (χ0v) is 18.1. The lowest BCUT2D eigenvalue weighted by molar-refractivity contribution is 0.251. The van der Waals surface area contributed by atoms with Crippen molar-refractivity contribution in [3.8, 4) is 34.3 Å². The monoisotopic (exact) mass is 476 g/mol. The second-order valence-corrected chi connectivity index (χ2v) is 7.68. The number of aromatic nitrogens is 4. The molecule has 0 fully saturated rings. The van der Waals surface area contributed by atoms with Gasteiger partial charge in [-0.05, 0) is 54.6 Å². The first kappa shape index (κ1) is 19.3. The van der Waals surface area contributed by atoms with Crippen molar-refractivity contribution >= 4 is 27.0 Å². The number of rotatable bonds is 6. The highest BCUT2D eigenvalue weighted by Crippen LogP contribution is 2.33. The number of para-hydroxylation sites is 2. The molecule has 0 spiro atoms. The molecule has 154 valence electrons. The number of aromatic amines is 1. The molecule has 0 aliphatic carbocycles. The van der Waals surface area contributed by atoms with Crippen LogP contribution < -0.4 is 9.47 Å². The summed E-state index contributed by atoms with van der Waals surface area (Å²) in [5, 5.41) is 8.16. The number of imidazole rings is 1. The van der Waals surface area contributed by atoms with Gasteiger partial charge in [0, 0.05) is 15.6 Å². The summed E-state index contributed by atoms with van der Waals surface area (Å²) in [5.41, 5.74) is 3.63. The number of fused-ring (bicyclic) bond motifs is 1. The molecule has 0 radical (unpaired) electrons. The van der Waals surface area contributed by atoms with E-state index in [1.807, 2.05) is 66.7 Å². The van der Waals surface area contributed by atoms with Gasteiger partial charge >= 0.3 is 0 Å². The van der Waals surface area contributed by atoms with Gasteiger partial charge in [0.1, 0.15) is 5.82 Å². The average Bonchev–Trinajstić information content (AvgIpc) is 3.45. The summed E-state index contributed by atoms with van der Waals surface area (Å²) in [5.74, 6) is 2.75. The molecule has 0 unspecified atom stereocenters. The predicted molar refractivity (Wildman–Crippen MR) is 120 cm³/mol. The highest BCUT2D eigenvalue weighted by atomic mass is 79.9. The van der Waals surface area contributed by atoms with Crippen molar-refractivity contribution in [1.82, 2.24) is 20.2 Å². The molecule has 0 atom stereocenters. The normalized spacial score (nSPS) is 11.0. The van der Waals surface area contributed by atoms with E-state index in [1.165, 1.54) is 0 Å². The molecular weight excluding hydrogens is 460 g/mol. The summed E-state index contributed by atoms with van der Waals surface area (Å²) >= 11 is 3.41. The van der Waals surface area contributed by atoms with E-state index in [4.69, 9.17) is 13.9 Å². The van der Waals surface area contributed by atoms with Gasteiger partial charge in [0.2, 0.25) is 5.89 Å². The molecule has 0 aliphatic rings. The Labute approximate surface area is 186 Å². The molecule has 0 amide bonds. The number of H-pyrrole nitrogens is 1. The molecule has 2 aromatic heterocycles. The zero-order valence-electron chi connectivity index (χ0n) is 16.5. The van der Waals surface area contributed by atoms with Gasteiger partial charge in [-0.3, -0.25) is 0 Å². The van der Waals surface area contributed by atoms with Gasteiger partial charge in [0.05, 0.1) is 18.1 Å². The Bertz CT molecular complexity index is 1310. The maximum Gasteiger partial charge on any atom is 0.254 e. The highest BCUT2D eigenvalue weighted by molar-refractivity contribution is 9.10. The fourth-order valence-electron chi connectivity index (χ4n) is 3.18. The Morgan fingerprint density at radius 3 is 2.55 bits per heavy atom. The molecule has 31 heavy (non-hydrogen) atoms. The van der Waals surface area contributed by atoms with Gasteiger partial charge in [-0.15, -0.1) is 10.2 Å². The molecule has 2 heterocycles. The largest absolute Gasteiger partial charge is 0.493 e. The van der Waals surface area contributed by atoms with Crippen LogP contribution in [0.15, 0.2) is 75.6 Å². The molecule has 1 N–H and O–H groups in total. The van der Waals surface area contributed by atoms with Crippen LogP contribution in [0.3, 0.4) is 0 Å². The van der Waals surface area contributed by atoms with E-state index in [0.29, 0.717) is 23.3 Å². The van der Waals surface area contributed by atoms with Crippen molar-refractivity contribution in [2.75, 3.05) is 7.11 Å². The highest BCUT2D eigenvalue weighted by Gasteiger charge is 2.13. The zero-order chi connectivity index (χ0) is 21.2. The van der Waals surface area contributed by atoms with Crippen molar-refractivity contribution in [3.05, 3.63) is 77.1 Å². The van der Waals surface area contributed by atoms with Crippen LogP contribution in [0, 0.1) is 0 Å². The first-order chi connectivity index (χ1) is 15.2. The van der Waals surface area contributed by atoms with Crippen LogP contribution in [0.5, 0.6) is 11.5 Å². The van der Waals surface area contributed by atoms with Crippen LogP contribution in [0.4, 0.5) is 0 Å². The summed E-state index contributed by atoms with van der Waals surface area (Å²) in [6.07, 6.45) is 0. The van der Waals surface area contributed by atoms with Crippen molar-refractivity contribution in [3.63, 3.8) is 0 Å². The molecule has 5 rings (SSSR count). The number of methoxy groups -OCH3 is 1. The number of halogens is 1. The van der Waals surface area contributed by atoms with Gasteiger partial charge < -0.3 is 18.9 Å². The minimum Gasteiger partial charge on any atom is -0.493 e. The van der Waals surface area contributed by atoms with Gasteiger partial charge in [0.25, 0.3) is 5.89 Å². The van der Waals surface area contributed by atoms with Crippen LogP contribution in [0.2, 0.25) is 0 Å². The van der Waals surface area contributed by atoms with E-state index in [2.05, 4.69) is 36.1 Å². The molecule has 0 saturated heterocycles. The fourth-order valence-corrected chi connectivity index (χ4v) is 3.45. The summed E-state index contributed by atoms with van der Waals surface area (Å²) in [6.45, 7) is 0.129. The van der Waals surface area contributed by atoms with Gasteiger partial charge in [-0.25, -0.2) is 4.98 Å². The Morgan fingerprint density at radius 2 is 1.74 bits per heavy atom. The van der Waals surface area contributed by atoms with Crippen molar-refractivity contribution in [1.29, 1.82) is 0 Å². The third-order valence-corrected chi connectivity index (χ3v) is 5.26. The molecular formula is C23H17BrN4O3. The molecule has 0 aliphatic heterocycles. The smallest absolute Gasteiger partial charge is 0.254 e. The Hall–Kier alpha value is -3.65. The van der Waals surface area contributed by atoms with E-state index in [0.717, 1.165) is 32.5 Å². The van der Waals surface area contributed by atoms with Crippen molar-refractivity contribution in [2.24, 2.45) is 0 Å².